The van der Waals surface area contributed by atoms with Gasteiger partial charge in [-0.2, -0.15) is 0 Å². The number of benzene rings is 3. The molecule has 0 bridgehead atoms. The van der Waals surface area contributed by atoms with Gasteiger partial charge in [0.15, 0.2) is 0 Å². The van der Waals surface area contributed by atoms with Crippen molar-refractivity contribution in [3.8, 4) is 0 Å². The van der Waals surface area contributed by atoms with Crippen LogP contribution >= 0.6 is 0 Å². The predicted octanol–water partition coefficient (Wildman–Crippen LogP) is 6.09. The predicted molar refractivity (Wildman–Crippen MR) is 101 cm³/mol. The van der Waals surface area contributed by atoms with E-state index in [0.717, 1.165) is 23.3 Å². The van der Waals surface area contributed by atoms with E-state index >= 15 is 0 Å². The Kier molecular flexibility index (Phi) is 4.76. The zero-order chi connectivity index (χ0) is 16.9. The molecule has 0 amide bonds. The maximum absolute atomic E-state index is 11.0. The van der Waals surface area contributed by atoms with E-state index in [9.17, 15) is 4.79 Å². The summed E-state index contributed by atoms with van der Waals surface area (Å²) in [4.78, 5) is 13.2. The molecule has 3 aromatic carbocycles. The SMILES string of the molecule is CC(C)c1ccccc1N(c1ccccc1)c1ccc(C=O)cc1. The number of aldehydes is 1. The van der Waals surface area contributed by atoms with Crippen LogP contribution in [-0.4, -0.2) is 6.29 Å². The van der Waals surface area contributed by atoms with Gasteiger partial charge >= 0.3 is 0 Å². The number of anilines is 3. The van der Waals surface area contributed by atoms with Crippen LogP contribution in [0.4, 0.5) is 17.1 Å². The van der Waals surface area contributed by atoms with E-state index in [1.165, 1.54) is 5.56 Å². The average molecular weight is 315 g/mol. The summed E-state index contributed by atoms with van der Waals surface area (Å²) < 4.78 is 0. The summed E-state index contributed by atoms with van der Waals surface area (Å²) in [5, 5.41) is 0. The summed E-state index contributed by atoms with van der Waals surface area (Å²) in [6, 6.07) is 26.5. The van der Waals surface area contributed by atoms with Crippen molar-refractivity contribution in [2.45, 2.75) is 19.8 Å². The molecule has 2 nitrogen and oxygen atoms in total. The highest BCUT2D eigenvalue weighted by atomic mass is 16.1. The summed E-state index contributed by atoms with van der Waals surface area (Å²) in [6.45, 7) is 4.41. The molecule has 0 aromatic heterocycles. The number of carbonyl (C=O) groups excluding carboxylic acids is 1. The lowest BCUT2D eigenvalue weighted by atomic mass is 9.99. The van der Waals surface area contributed by atoms with Gasteiger partial charge in [0.25, 0.3) is 0 Å². The molecule has 0 saturated carbocycles. The molecule has 2 heteroatoms. The topological polar surface area (TPSA) is 20.3 Å². The average Bonchev–Trinajstić information content (AvgIpc) is 2.64. The minimum Gasteiger partial charge on any atom is -0.310 e. The van der Waals surface area contributed by atoms with Gasteiger partial charge in [-0.25, -0.2) is 0 Å². The maximum atomic E-state index is 11.0. The van der Waals surface area contributed by atoms with Crippen molar-refractivity contribution >= 4 is 23.3 Å². The molecule has 3 rings (SSSR count). The fraction of sp³-hybridized carbons (Fsp3) is 0.136. The minimum absolute atomic E-state index is 0.418. The second-order valence-electron chi connectivity index (χ2n) is 6.09. The summed E-state index contributed by atoms with van der Waals surface area (Å²) >= 11 is 0. The van der Waals surface area contributed by atoms with Gasteiger partial charge in [-0.3, -0.25) is 4.79 Å². The lowest BCUT2D eigenvalue weighted by Crippen LogP contribution is -2.12. The van der Waals surface area contributed by atoms with Crippen molar-refractivity contribution in [1.82, 2.24) is 0 Å². The van der Waals surface area contributed by atoms with E-state index in [-0.39, 0.29) is 0 Å². The molecule has 0 radical (unpaired) electrons. The lowest BCUT2D eigenvalue weighted by molar-refractivity contribution is 0.112. The molecule has 3 aromatic rings. The molecule has 0 spiro atoms. The molecular weight excluding hydrogens is 294 g/mol. The van der Waals surface area contributed by atoms with Gasteiger partial charge in [-0.15, -0.1) is 0 Å². The summed E-state index contributed by atoms with van der Waals surface area (Å²) in [5.74, 6) is 0.418. The first-order chi connectivity index (χ1) is 11.7. The molecule has 0 N–H and O–H groups in total. The number of rotatable bonds is 5. The van der Waals surface area contributed by atoms with Crippen molar-refractivity contribution in [3.63, 3.8) is 0 Å². The van der Waals surface area contributed by atoms with Crippen LogP contribution in [0.2, 0.25) is 0 Å². The Bertz CT molecular complexity index is 807. The molecule has 0 unspecified atom stereocenters. The fourth-order valence-corrected chi connectivity index (χ4v) is 2.89. The van der Waals surface area contributed by atoms with E-state index in [2.05, 4.69) is 55.1 Å². The van der Waals surface area contributed by atoms with E-state index in [1.54, 1.807) is 0 Å². The normalized spacial score (nSPS) is 10.6. The monoisotopic (exact) mass is 315 g/mol. The van der Waals surface area contributed by atoms with Crippen LogP contribution in [0.5, 0.6) is 0 Å². The first-order valence-corrected chi connectivity index (χ1v) is 8.20. The molecule has 0 aliphatic carbocycles. The third-order valence-corrected chi connectivity index (χ3v) is 4.10. The highest BCUT2D eigenvalue weighted by Crippen LogP contribution is 2.38. The van der Waals surface area contributed by atoms with Crippen LogP contribution < -0.4 is 4.90 Å². The number of carbonyl (C=O) groups is 1. The van der Waals surface area contributed by atoms with Crippen LogP contribution in [-0.2, 0) is 0 Å². The van der Waals surface area contributed by atoms with Crippen LogP contribution in [0, 0.1) is 0 Å². The van der Waals surface area contributed by atoms with E-state index in [1.807, 2.05) is 42.5 Å². The second-order valence-corrected chi connectivity index (χ2v) is 6.09. The smallest absolute Gasteiger partial charge is 0.150 e. The van der Waals surface area contributed by atoms with Gasteiger partial charge in [0.1, 0.15) is 6.29 Å². The third kappa shape index (κ3) is 3.23. The maximum Gasteiger partial charge on any atom is 0.150 e. The van der Waals surface area contributed by atoms with Gasteiger partial charge in [0, 0.05) is 22.6 Å². The lowest BCUT2D eigenvalue weighted by Gasteiger charge is -2.28. The zero-order valence-electron chi connectivity index (χ0n) is 14.0. The summed E-state index contributed by atoms with van der Waals surface area (Å²) in [5.41, 5.74) is 5.28. The Balaban J connectivity index is 2.18. The molecule has 0 fully saturated rings. The Labute approximate surface area is 143 Å². The standard InChI is InChI=1S/C22H21NO/c1-17(2)21-10-6-7-11-22(21)23(19-8-4-3-5-9-19)20-14-12-18(16-24)13-15-20/h3-17H,1-2H3. The van der Waals surface area contributed by atoms with Gasteiger partial charge in [-0.1, -0.05) is 50.2 Å². The molecular formula is C22H21NO. The third-order valence-electron chi connectivity index (χ3n) is 4.10. The van der Waals surface area contributed by atoms with E-state index in [4.69, 9.17) is 0 Å². The second kappa shape index (κ2) is 7.14. The molecule has 0 atom stereocenters. The van der Waals surface area contributed by atoms with E-state index < -0.39 is 0 Å². The van der Waals surface area contributed by atoms with Crippen molar-refractivity contribution < 1.29 is 4.79 Å². The Hall–Kier alpha value is -2.87. The Morgan fingerprint density at radius 1 is 0.750 bits per heavy atom. The quantitative estimate of drug-likeness (QED) is 0.531. The van der Waals surface area contributed by atoms with Crippen molar-refractivity contribution in [1.29, 1.82) is 0 Å². The largest absolute Gasteiger partial charge is 0.310 e. The highest BCUT2D eigenvalue weighted by molar-refractivity contribution is 5.81. The number of hydrogen-bond acceptors (Lipinski definition) is 2. The van der Waals surface area contributed by atoms with Crippen LogP contribution in [0.25, 0.3) is 0 Å². The first-order valence-electron chi connectivity index (χ1n) is 8.20. The molecule has 0 aliphatic heterocycles. The minimum atomic E-state index is 0.418. The molecule has 120 valence electrons. The van der Waals surface area contributed by atoms with Crippen LogP contribution in [0.15, 0.2) is 78.9 Å². The summed E-state index contributed by atoms with van der Waals surface area (Å²) in [7, 11) is 0. The fourth-order valence-electron chi connectivity index (χ4n) is 2.89. The van der Waals surface area contributed by atoms with Crippen LogP contribution in [0.3, 0.4) is 0 Å². The molecule has 0 saturated heterocycles. The Morgan fingerprint density at radius 3 is 1.96 bits per heavy atom. The van der Waals surface area contributed by atoms with Crippen LogP contribution in [0.1, 0.15) is 35.7 Å². The number of para-hydroxylation sites is 2. The van der Waals surface area contributed by atoms with Gasteiger partial charge in [0.05, 0.1) is 0 Å². The number of nitrogens with zero attached hydrogens (tertiary/aromatic N) is 1. The summed E-state index contributed by atoms with van der Waals surface area (Å²) in [6.07, 6.45) is 0.874. The van der Waals surface area contributed by atoms with Gasteiger partial charge < -0.3 is 4.90 Å². The zero-order valence-corrected chi connectivity index (χ0v) is 14.0. The number of hydrogen-bond donors (Lipinski definition) is 0. The first kappa shape index (κ1) is 16.0. The molecule has 0 aliphatic rings. The molecule has 24 heavy (non-hydrogen) atoms. The van der Waals surface area contributed by atoms with Gasteiger partial charge in [0.2, 0.25) is 0 Å². The van der Waals surface area contributed by atoms with Gasteiger partial charge in [-0.05, 0) is 53.9 Å². The van der Waals surface area contributed by atoms with E-state index in [0.29, 0.717) is 11.5 Å². The van der Waals surface area contributed by atoms with Crippen molar-refractivity contribution in [2.75, 3.05) is 4.90 Å². The highest BCUT2D eigenvalue weighted by Gasteiger charge is 2.16. The van der Waals surface area contributed by atoms with Crippen molar-refractivity contribution in [2.24, 2.45) is 0 Å². The van der Waals surface area contributed by atoms with Crippen molar-refractivity contribution in [3.05, 3.63) is 90.0 Å². The Morgan fingerprint density at radius 2 is 1.33 bits per heavy atom. The molecule has 0 heterocycles.